The van der Waals surface area contributed by atoms with Crippen LogP contribution in [-0.2, 0) is 9.53 Å². The molecule has 0 radical (unpaired) electrons. The number of rotatable bonds is 5. The normalized spacial score (nSPS) is 15.0. The summed E-state index contributed by atoms with van der Waals surface area (Å²) in [6.07, 6.45) is -22.6. The van der Waals surface area contributed by atoms with E-state index in [4.69, 9.17) is 0 Å². The zero-order chi connectivity index (χ0) is 21.6. The maximum Gasteiger partial charge on any atom is 0.459 e. The number of halogens is 13. The molecule has 2 nitrogen and oxygen atoms in total. The van der Waals surface area contributed by atoms with Gasteiger partial charge in [-0.15, -0.1) is 0 Å². The highest BCUT2D eigenvalue weighted by molar-refractivity contribution is 5.90. The summed E-state index contributed by atoms with van der Waals surface area (Å²) in [6, 6.07) is 0. The molecule has 0 saturated heterocycles. The fourth-order valence-electron chi connectivity index (χ4n) is 1.83. The third-order valence-electron chi connectivity index (χ3n) is 3.05. The van der Waals surface area contributed by atoms with Crippen LogP contribution in [0.5, 0.6) is 0 Å². The highest BCUT2D eigenvalue weighted by Crippen LogP contribution is 2.68. The lowest BCUT2D eigenvalue weighted by Crippen LogP contribution is -2.71. The van der Waals surface area contributed by atoms with E-state index in [1.807, 2.05) is 0 Å². The summed E-state index contributed by atoms with van der Waals surface area (Å²) in [5.41, 5.74) is -10.7. The van der Waals surface area contributed by atoms with Gasteiger partial charge in [-0.1, -0.05) is 6.58 Å². The Balaban J connectivity index is 7.19. The zero-order valence-electron chi connectivity index (χ0n) is 12.1. The smallest absolute Gasteiger partial charge is 0.459 e. The summed E-state index contributed by atoms with van der Waals surface area (Å²) < 4.78 is 171. The molecule has 0 aromatic carbocycles. The molecular weight excluding hydrogens is 411 g/mol. The molecule has 0 aliphatic rings. The Morgan fingerprint density at radius 3 is 1.31 bits per heavy atom. The van der Waals surface area contributed by atoms with E-state index in [1.165, 1.54) is 0 Å². The van der Waals surface area contributed by atoms with Gasteiger partial charge in [-0.3, -0.25) is 0 Å². The van der Waals surface area contributed by atoms with E-state index in [0.717, 1.165) is 6.92 Å². The van der Waals surface area contributed by atoms with Crippen LogP contribution >= 0.6 is 0 Å². The molecule has 0 amide bonds. The van der Waals surface area contributed by atoms with Crippen LogP contribution in [0.4, 0.5) is 57.1 Å². The monoisotopic (exact) mass is 418 g/mol. The Morgan fingerprint density at radius 2 is 1.08 bits per heavy atom. The van der Waals surface area contributed by atoms with Crippen molar-refractivity contribution < 1.29 is 66.6 Å². The van der Waals surface area contributed by atoms with Crippen LogP contribution in [0.25, 0.3) is 0 Å². The first-order valence-electron chi connectivity index (χ1n) is 5.96. The van der Waals surface area contributed by atoms with Gasteiger partial charge >= 0.3 is 36.3 Å². The summed E-state index contributed by atoms with van der Waals surface area (Å²) in [5.74, 6) is -18.7. The molecule has 0 spiro atoms. The van der Waals surface area contributed by atoms with E-state index in [-0.39, 0.29) is 0 Å². The quantitative estimate of drug-likeness (QED) is 0.355. The maximum absolute atomic E-state index is 13.7. The minimum absolute atomic E-state index is 0.774. The van der Waals surface area contributed by atoms with Crippen molar-refractivity contribution in [2.75, 3.05) is 6.61 Å². The fourth-order valence-corrected chi connectivity index (χ4v) is 1.83. The van der Waals surface area contributed by atoms with Crippen LogP contribution < -0.4 is 0 Å². The van der Waals surface area contributed by atoms with E-state index in [1.54, 1.807) is 6.58 Å². The third-order valence-corrected chi connectivity index (χ3v) is 3.05. The Morgan fingerprint density at radius 1 is 0.731 bits per heavy atom. The molecule has 26 heavy (non-hydrogen) atoms. The van der Waals surface area contributed by atoms with Gasteiger partial charge in [0.25, 0.3) is 5.41 Å². The fraction of sp³-hybridized carbons (Fsp3) is 0.727. The maximum atomic E-state index is 13.7. The molecule has 0 fully saturated rings. The Bertz CT molecular complexity index is 538. The van der Waals surface area contributed by atoms with E-state index in [9.17, 15) is 61.9 Å². The van der Waals surface area contributed by atoms with E-state index in [0.29, 0.717) is 0 Å². The van der Waals surface area contributed by atoms with Crippen LogP contribution in [0.15, 0.2) is 12.2 Å². The molecule has 0 atom stereocenters. The molecule has 0 saturated carbocycles. The topological polar surface area (TPSA) is 26.3 Å². The summed E-state index contributed by atoms with van der Waals surface area (Å²) in [7, 11) is 0. The lowest BCUT2D eigenvalue weighted by atomic mass is 9.70. The second kappa shape index (κ2) is 6.48. The van der Waals surface area contributed by atoms with Gasteiger partial charge in [-0.25, -0.2) is 4.79 Å². The molecule has 0 aliphatic heterocycles. The van der Waals surface area contributed by atoms with Gasteiger partial charge < -0.3 is 4.74 Å². The molecule has 154 valence electrons. The molecule has 0 aromatic heterocycles. The van der Waals surface area contributed by atoms with Crippen molar-refractivity contribution in [3.8, 4) is 0 Å². The van der Waals surface area contributed by atoms with Crippen molar-refractivity contribution >= 4 is 5.97 Å². The van der Waals surface area contributed by atoms with Crippen molar-refractivity contribution in [1.29, 1.82) is 0 Å². The lowest BCUT2D eigenvalue weighted by molar-refractivity contribution is -0.448. The summed E-state index contributed by atoms with van der Waals surface area (Å²) in [4.78, 5) is 11.1. The number of alkyl halides is 13. The minimum Gasteiger partial charge on any atom is -0.463 e. The second-order valence-corrected chi connectivity index (χ2v) is 4.59. The highest BCUT2D eigenvalue weighted by atomic mass is 19.4. The van der Waals surface area contributed by atoms with Crippen molar-refractivity contribution in [2.45, 2.75) is 37.3 Å². The SMILES string of the molecule is C=C(C(=O)OCC)C(C(F)(F)F)(C(F)(F)F)C(F)(F)C(F)(F)C(F)(F)F. The average molecular weight is 418 g/mol. The standard InChI is InChI=1S/C11H7F13O2/c1-3-26-5(25)4(2)6(9(16,17)18,10(19,20)21)7(12,13)8(14,15)11(22,23)24/h2-3H2,1H3. The predicted octanol–water partition coefficient (Wildman–Crippen LogP) is 5.05. The van der Waals surface area contributed by atoms with Crippen LogP contribution in [-0.4, -0.2) is 43.0 Å². The average Bonchev–Trinajstić information content (AvgIpc) is 2.33. The molecule has 0 unspecified atom stereocenters. The largest absolute Gasteiger partial charge is 0.463 e. The highest BCUT2D eigenvalue weighted by Gasteiger charge is 2.93. The van der Waals surface area contributed by atoms with Crippen molar-refractivity contribution in [3.05, 3.63) is 12.2 Å². The van der Waals surface area contributed by atoms with Gasteiger partial charge in [-0.2, -0.15) is 57.1 Å². The van der Waals surface area contributed by atoms with Crippen molar-refractivity contribution in [3.63, 3.8) is 0 Å². The summed E-state index contributed by atoms with van der Waals surface area (Å²) in [5, 5.41) is 0. The first kappa shape index (κ1) is 24.3. The first-order chi connectivity index (χ1) is 11.1. The second-order valence-electron chi connectivity index (χ2n) is 4.59. The molecule has 0 aromatic rings. The van der Waals surface area contributed by atoms with Gasteiger partial charge in [0.2, 0.25) is 0 Å². The number of hydrogen-bond acceptors (Lipinski definition) is 2. The first-order valence-corrected chi connectivity index (χ1v) is 5.96. The molecule has 0 rings (SSSR count). The lowest BCUT2D eigenvalue weighted by Gasteiger charge is -2.45. The molecule has 15 heteroatoms. The molecule has 0 bridgehead atoms. The third kappa shape index (κ3) is 3.19. The van der Waals surface area contributed by atoms with Gasteiger partial charge in [0.15, 0.2) is 0 Å². The van der Waals surface area contributed by atoms with E-state index in [2.05, 4.69) is 4.74 Å². The van der Waals surface area contributed by atoms with Crippen LogP contribution in [0.3, 0.4) is 0 Å². The Kier molecular flexibility index (Phi) is 6.05. The van der Waals surface area contributed by atoms with Gasteiger partial charge in [0, 0.05) is 0 Å². The van der Waals surface area contributed by atoms with Gasteiger partial charge in [0.1, 0.15) is 0 Å². The number of hydrogen-bond donors (Lipinski definition) is 0. The number of esters is 1. The zero-order valence-corrected chi connectivity index (χ0v) is 12.1. The summed E-state index contributed by atoms with van der Waals surface area (Å²) in [6.45, 7) is 1.50. The van der Waals surface area contributed by atoms with Crippen LogP contribution in [0, 0.1) is 5.41 Å². The molecule has 0 heterocycles. The molecule has 0 N–H and O–H groups in total. The van der Waals surface area contributed by atoms with Crippen molar-refractivity contribution in [2.24, 2.45) is 5.41 Å². The number of carbonyl (C=O) groups is 1. The van der Waals surface area contributed by atoms with Crippen molar-refractivity contribution in [1.82, 2.24) is 0 Å². The molecular formula is C11H7F13O2. The number of carbonyl (C=O) groups excluding carboxylic acids is 1. The molecule has 0 aliphatic carbocycles. The van der Waals surface area contributed by atoms with Crippen LogP contribution in [0.2, 0.25) is 0 Å². The predicted molar refractivity (Wildman–Crippen MR) is 56.3 cm³/mol. The van der Waals surface area contributed by atoms with Gasteiger partial charge in [0.05, 0.1) is 12.2 Å². The number of ether oxygens (including phenoxy) is 1. The van der Waals surface area contributed by atoms with Crippen LogP contribution in [0.1, 0.15) is 6.92 Å². The summed E-state index contributed by atoms with van der Waals surface area (Å²) >= 11 is 0. The minimum atomic E-state index is -7.95. The van der Waals surface area contributed by atoms with E-state index >= 15 is 0 Å². The Labute approximate surface area is 135 Å². The van der Waals surface area contributed by atoms with Gasteiger partial charge in [-0.05, 0) is 6.92 Å². The van der Waals surface area contributed by atoms with E-state index < -0.39 is 53.9 Å². The Hall–Kier alpha value is -1.70.